The van der Waals surface area contributed by atoms with Crippen LogP contribution in [0.5, 0.6) is 5.75 Å². The summed E-state index contributed by atoms with van der Waals surface area (Å²) >= 11 is 3.35. The molecule has 1 heterocycles. The number of carbonyl (C=O) groups is 1. The molecule has 2 aromatic carbocycles. The van der Waals surface area contributed by atoms with Gasteiger partial charge in [-0.3, -0.25) is 4.79 Å². The minimum absolute atomic E-state index is 0.173. The van der Waals surface area contributed by atoms with Crippen LogP contribution in [0.1, 0.15) is 13.8 Å². The smallest absolute Gasteiger partial charge is 0.265 e. The van der Waals surface area contributed by atoms with Gasteiger partial charge in [0, 0.05) is 36.3 Å². The second-order valence-corrected chi connectivity index (χ2v) is 9.92. The largest absolute Gasteiger partial charge is 0.481 e. The van der Waals surface area contributed by atoms with Crippen molar-refractivity contribution in [3.8, 4) is 5.75 Å². The first-order valence-corrected chi connectivity index (χ1v) is 12.1. The molecule has 9 heteroatoms. The van der Waals surface area contributed by atoms with Crippen LogP contribution in [-0.2, 0) is 14.8 Å². The van der Waals surface area contributed by atoms with Crippen LogP contribution in [0, 0.1) is 0 Å². The second kappa shape index (κ2) is 9.91. The number of benzene rings is 2. The predicted octanol–water partition coefficient (Wildman–Crippen LogP) is 3.18. The molecule has 1 aliphatic heterocycles. The SMILES string of the molecule is CCN1CCN(S(=O)(=O)c2cccc(NC(=O)[C@H](C)Oc3ccc(Br)cc3)c2)CC1. The Balaban J connectivity index is 1.66. The van der Waals surface area contributed by atoms with E-state index in [0.717, 1.165) is 24.1 Å². The summed E-state index contributed by atoms with van der Waals surface area (Å²) in [7, 11) is -3.61. The van der Waals surface area contributed by atoms with Gasteiger partial charge in [-0.05, 0) is 55.9 Å². The lowest BCUT2D eigenvalue weighted by molar-refractivity contribution is -0.122. The zero-order valence-corrected chi connectivity index (χ0v) is 19.4. The number of amides is 1. The third-order valence-electron chi connectivity index (χ3n) is 5.01. The Morgan fingerprint density at radius 1 is 1.13 bits per heavy atom. The van der Waals surface area contributed by atoms with Crippen LogP contribution in [0.3, 0.4) is 0 Å². The molecule has 0 radical (unpaired) electrons. The maximum Gasteiger partial charge on any atom is 0.265 e. The summed E-state index contributed by atoms with van der Waals surface area (Å²) in [5.74, 6) is 0.215. The summed E-state index contributed by atoms with van der Waals surface area (Å²) < 4.78 is 34.0. The van der Waals surface area contributed by atoms with Crippen LogP contribution in [-0.4, -0.2) is 62.4 Å². The summed E-state index contributed by atoms with van der Waals surface area (Å²) in [6, 6.07) is 13.5. The molecule has 7 nitrogen and oxygen atoms in total. The lowest BCUT2D eigenvalue weighted by Crippen LogP contribution is -2.48. The Hall–Kier alpha value is -1.94. The lowest BCUT2D eigenvalue weighted by atomic mass is 10.3. The van der Waals surface area contributed by atoms with Crippen LogP contribution >= 0.6 is 15.9 Å². The molecular formula is C21H26BrN3O4S. The second-order valence-electron chi connectivity index (χ2n) is 7.07. The molecule has 0 saturated carbocycles. The van der Waals surface area contributed by atoms with Crippen LogP contribution in [0.25, 0.3) is 0 Å². The number of carbonyl (C=O) groups excluding carboxylic acids is 1. The first kappa shape index (κ1) is 22.7. The van der Waals surface area contributed by atoms with Crippen molar-refractivity contribution >= 4 is 37.5 Å². The Kier molecular flexibility index (Phi) is 7.51. The van der Waals surface area contributed by atoms with Crippen LogP contribution in [0.2, 0.25) is 0 Å². The summed E-state index contributed by atoms with van der Waals surface area (Å²) in [5, 5.41) is 2.74. The molecule has 0 bridgehead atoms. The normalized spacial score (nSPS) is 16.8. The zero-order valence-electron chi connectivity index (χ0n) is 17.0. The fraction of sp³-hybridized carbons (Fsp3) is 0.381. The number of hydrogen-bond acceptors (Lipinski definition) is 5. The first-order valence-electron chi connectivity index (χ1n) is 9.85. The number of likely N-dealkylation sites (N-methyl/N-ethyl adjacent to an activating group) is 1. The highest BCUT2D eigenvalue weighted by atomic mass is 79.9. The van der Waals surface area contributed by atoms with Crippen molar-refractivity contribution in [3.63, 3.8) is 0 Å². The van der Waals surface area contributed by atoms with Gasteiger partial charge in [0.15, 0.2) is 6.10 Å². The van der Waals surface area contributed by atoms with Gasteiger partial charge in [-0.15, -0.1) is 0 Å². The van der Waals surface area contributed by atoms with Gasteiger partial charge in [0.25, 0.3) is 5.91 Å². The maximum absolute atomic E-state index is 13.0. The number of rotatable bonds is 7. The van der Waals surface area contributed by atoms with Gasteiger partial charge in [0.2, 0.25) is 10.0 Å². The van der Waals surface area contributed by atoms with E-state index in [0.29, 0.717) is 24.5 Å². The third kappa shape index (κ3) is 5.60. The molecule has 0 unspecified atom stereocenters. The van der Waals surface area contributed by atoms with Gasteiger partial charge in [0.1, 0.15) is 5.75 Å². The van der Waals surface area contributed by atoms with E-state index in [1.165, 1.54) is 10.4 Å². The number of hydrogen-bond donors (Lipinski definition) is 1. The van der Waals surface area contributed by atoms with Crippen molar-refractivity contribution in [1.29, 1.82) is 0 Å². The summed E-state index contributed by atoms with van der Waals surface area (Å²) in [6.07, 6.45) is -0.742. The molecule has 1 N–H and O–H groups in total. The molecule has 2 aromatic rings. The van der Waals surface area contributed by atoms with E-state index in [1.54, 1.807) is 37.3 Å². The number of anilines is 1. The molecule has 162 valence electrons. The highest BCUT2D eigenvalue weighted by Crippen LogP contribution is 2.22. The van der Waals surface area contributed by atoms with Crippen LogP contribution in [0.4, 0.5) is 5.69 Å². The van der Waals surface area contributed by atoms with Crippen molar-refractivity contribution in [2.75, 3.05) is 38.0 Å². The number of nitrogens with zero attached hydrogens (tertiary/aromatic N) is 2. The molecule has 1 saturated heterocycles. The average Bonchev–Trinajstić information content (AvgIpc) is 2.75. The molecular weight excluding hydrogens is 470 g/mol. The fourth-order valence-electron chi connectivity index (χ4n) is 3.18. The van der Waals surface area contributed by atoms with Gasteiger partial charge in [-0.25, -0.2) is 8.42 Å². The molecule has 0 spiro atoms. The van der Waals surface area contributed by atoms with Crippen molar-refractivity contribution in [2.45, 2.75) is 24.8 Å². The van der Waals surface area contributed by atoms with Crippen molar-refractivity contribution in [3.05, 3.63) is 53.0 Å². The quantitative estimate of drug-likeness (QED) is 0.637. The summed E-state index contributed by atoms with van der Waals surface area (Å²) in [4.78, 5) is 14.9. The van der Waals surface area contributed by atoms with E-state index < -0.39 is 16.1 Å². The Labute approximate surface area is 186 Å². The van der Waals surface area contributed by atoms with Crippen molar-refractivity contribution in [1.82, 2.24) is 9.21 Å². The predicted molar refractivity (Wildman–Crippen MR) is 120 cm³/mol. The van der Waals surface area contributed by atoms with E-state index in [9.17, 15) is 13.2 Å². The highest BCUT2D eigenvalue weighted by molar-refractivity contribution is 9.10. The first-order chi connectivity index (χ1) is 14.3. The molecule has 0 aliphatic carbocycles. The van der Waals surface area contributed by atoms with Gasteiger partial charge >= 0.3 is 0 Å². The summed E-state index contributed by atoms with van der Waals surface area (Å²) in [5.41, 5.74) is 0.416. The average molecular weight is 496 g/mol. The minimum Gasteiger partial charge on any atom is -0.481 e. The molecule has 3 rings (SSSR count). The fourth-order valence-corrected chi connectivity index (χ4v) is 4.92. The van der Waals surface area contributed by atoms with Gasteiger partial charge in [-0.2, -0.15) is 4.31 Å². The summed E-state index contributed by atoms with van der Waals surface area (Å²) in [6.45, 7) is 6.99. The number of halogens is 1. The van der Waals surface area contributed by atoms with E-state index >= 15 is 0 Å². The number of ether oxygens (including phenoxy) is 1. The van der Waals surface area contributed by atoms with Gasteiger partial charge in [-0.1, -0.05) is 28.9 Å². The van der Waals surface area contributed by atoms with Crippen LogP contribution < -0.4 is 10.1 Å². The molecule has 1 atom stereocenters. The highest BCUT2D eigenvalue weighted by Gasteiger charge is 2.28. The monoisotopic (exact) mass is 495 g/mol. The Morgan fingerprint density at radius 3 is 2.43 bits per heavy atom. The standard InChI is InChI=1S/C21H26BrN3O4S/c1-3-24-11-13-25(14-12-24)30(27,28)20-6-4-5-18(15-20)23-21(26)16(2)29-19-9-7-17(22)8-10-19/h4-10,15-16H,3,11-14H2,1-2H3,(H,23,26)/t16-/m0/s1. The van der Waals surface area contributed by atoms with E-state index in [2.05, 4.69) is 33.1 Å². The third-order valence-corrected chi connectivity index (χ3v) is 7.44. The molecule has 30 heavy (non-hydrogen) atoms. The topological polar surface area (TPSA) is 79.0 Å². The molecule has 1 aliphatic rings. The number of sulfonamides is 1. The van der Waals surface area contributed by atoms with E-state index in [1.807, 2.05) is 12.1 Å². The van der Waals surface area contributed by atoms with E-state index in [-0.39, 0.29) is 10.8 Å². The van der Waals surface area contributed by atoms with Gasteiger partial charge < -0.3 is 15.0 Å². The zero-order chi connectivity index (χ0) is 21.7. The molecule has 1 fully saturated rings. The van der Waals surface area contributed by atoms with Gasteiger partial charge in [0.05, 0.1) is 4.90 Å². The van der Waals surface area contributed by atoms with Crippen LogP contribution in [0.15, 0.2) is 57.9 Å². The number of piperazine rings is 1. The minimum atomic E-state index is -3.61. The molecule has 1 amide bonds. The Morgan fingerprint density at radius 2 is 1.80 bits per heavy atom. The Bertz CT molecular complexity index is 974. The maximum atomic E-state index is 13.0. The number of nitrogens with one attached hydrogen (secondary N) is 1. The molecule has 0 aromatic heterocycles. The lowest BCUT2D eigenvalue weighted by Gasteiger charge is -2.33. The van der Waals surface area contributed by atoms with Crippen molar-refractivity contribution in [2.24, 2.45) is 0 Å². The van der Waals surface area contributed by atoms with Crippen molar-refractivity contribution < 1.29 is 17.9 Å². The van der Waals surface area contributed by atoms with E-state index in [4.69, 9.17) is 4.74 Å².